The number of nitrogens with two attached hydrogens (primary N) is 1. The van der Waals surface area contributed by atoms with E-state index in [1.54, 1.807) is 0 Å². The summed E-state index contributed by atoms with van der Waals surface area (Å²) >= 11 is 0. The van der Waals surface area contributed by atoms with Crippen LogP contribution in [0.5, 0.6) is 0 Å². The Morgan fingerprint density at radius 2 is 2.17 bits per heavy atom. The van der Waals surface area contributed by atoms with Gasteiger partial charge in [0.15, 0.2) is 0 Å². The first kappa shape index (κ1) is 10.0. The van der Waals surface area contributed by atoms with E-state index in [-0.39, 0.29) is 5.54 Å². The maximum Gasteiger partial charge on any atom is 0.0180 e. The summed E-state index contributed by atoms with van der Waals surface area (Å²) in [6.07, 6.45) is 9.18. The van der Waals surface area contributed by atoms with E-state index in [9.17, 15) is 0 Å². The molecule has 0 aliphatic heterocycles. The van der Waals surface area contributed by atoms with Crippen LogP contribution in [0.2, 0.25) is 0 Å². The predicted octanol–water partition coefficient (Wildman–Crippen LogP) is 3.08. The molecule has 0 bridgehead atoms. The highest BCUT2D eigenvalue weighted by Crippen LogP contribution is 2.34. The highest BCUT2D eigenvalue weighted by Gasteiger charge is 2.33. The number of hydrogen-bond acceptors (Lipinski definition) is 1. The lowest BCUT2D eigenvalue weighted by Gasteiger charge is -2.39. The average Bonchev–Trinajstić information content (AvgIpc) is 2.07. The topological polar surface area (TPSA) is 26.0 Å². The van der Waals surface area contributed by atoms with E-state index in [0.29, 0.717) is 0 Å². The van der Waals surface area contributed by atoms with Gasteiger partial charge in [-0.2, -0.15) is 0 Å². The molecule has 1 saturated carbocycles. The summed E-state index contributed by atoms with van der Waals surface area (Å²) < 4.78 is 0. The molecule has 2 N–H and O–H groups in total. The maximum atomic E-state index is 6.39. The van der Waals surface area contributed by atoms with E-state index < -0.39 is 0 Å². The van der Waals surface area contributed by atoms with Gasteiger partial charge in [-0.25, -0.2) is 0 Å². The van der Waals surface area contributed by atoms with E-state index >= 15 is 0 Å². The fourth-order valence-corrected chi connectivity index (χ4v) is 2.32. The largest absolute Gasteiger partial charge is 0.325 e. The molecular weight excluding hydrogens is 146 g/mol. The molecule has 0 aromatic heterocycles. The molecule has 72 valence electrons. The minimum Gasteiger partial charge on any atom is -0.325 e. The molecule has 0 spiro atoms. The molecule has 1 heteroatoms. The van der Waals surface area contributed by atoms with Crippen LogP contribution in [0, 0.1) is 5.92 Å². The summed E-state index contributed by atoms with van der Waals surface area (Å²) in [4.78, 5) is 0. The lowest BCUT2D eigenvalue weighted by Crippen LogP contribution is -2.47. The lowest BCUT2D eigenvalue weighted by atomic mass is 9.72. The molecule has 1 nitrogen and oxygen atoms in total. The van der Waals surface area contributed by atoms with Crippen molar-refractivity contribution < 1.29 is 0 Å². The zero-order valence-corrected chi connectivity index (χ0v) is 8.60. The molecule has 0 amide bonds. The summed E-state index contributed by atoms with van der Waals surface area (Å²) in [7, 11) is 0. The first-order chi connectivity index (χ1) is 5.69. The van der Waals surface area contributed by atoms with E-state index in [0.717, 1.165) is 5.92 Å². The van der Waals surface area contributed by atoms with Crippen molar-refractivity contribution in [2.45, 2.75) is 64.3 Å². The number of unbranched alkanes of at least 4 members (excludes halogenated alkanes) is 1. The van der Waals surface area contributed by atoms with Crippen molar-refractivity contribution in [3.63, 3.8) is 0 Å². The Morgan fingerprint density at radius 3 is 2.75 bits per heavy atom. The minimum atomic E-state index is 0.189. The Hall–Kier alpha value is -0.0400. The molecule has 1 aliphatic carbocycles. The highest BCUT2D eigenvalue weighted by molar-refractivity contribution is 4.91. The van der Waals surface area contributed by atoms with Gasteiger partial charge < -0.3 is 5.73 Å². The van der Waals surface area contributed by atoms with Crippen LogP contribution in [-0.2, 0) is 0 Å². The van der Waals surface area contributed by atoms with Crippen LogP contribution in [0.25, 0.3) is 0 Å². The van der Waals surface area contributed by atoms with Crippen molar-refractivity contribution in [3.05, 3.63) is 0 Å². The smallest absolute Gasteiger partial charge is 0.0180 e. The standard InChI is InChI=1S/C11H23N/c1-3-4-8-11(12)9-6-5-7-10(11)2/h10H,3-9,12H2,1-2H3. The van der Waals surface area contributed by atoms with Gasteiger partial charge in [-0.05, 0) is 25.2 Å². The van der Waals surface area contributed by atoms with Gasteiger partial charge in [0.25, 0.3) is 0 Å². The third-order valence-corrected chi connectivity index (χ3v) is 3.51. The molecule has 1 fully saturated rings. The van der Waals surface area contributed by atoms with E-state index in [4.69, 9.17) is 5.73 Å². The van der Waals surface area contributed by atoms with Gasteiger partial charge in [0, 0.05) is 5.54 Å². The van der Waals surface area contributed by atoms with Crippen LogP contribution >= 0.6 is 0 Å². The lowest BCUT2D eigenvalue weighted by molar-refractivity contribution is 0.188. The quantitative estimate of drug-likeness (QED) is 0.690. The van der Waals surface area contributed by atoms with E-state index in [2.05, 4.69) is 13.8 Å². The van der Waals surface area contributed by atoms with Gasteiger partial charge in [-0.15, -0.1) is 0 Å². The molecule has 2 unspecified atom stereocenters. The van der Waals surface area contributed by atoms with Gasteiger partial charge in [0.2, 0.25) is 0 Å². The van der Waals surface area contributed by atoms with Gasteiger partial charge in [-0.1, -0.05) is 39.5 Å². The zero-order chi connectivity index (χ0) is 9.03. The van der Waals surface area contributed by atoms with Crippen LogP contribution in [0.15, 0.2) is 0 Å². The predicted molar refractivity (Wildman–Crippen MR) is 54.1 cm³/mol. The van der Waals surface area contributed by atoms with Gasteiger partial charge in [0.05, 0.1) is 0 Å². The first-order valence-electron chi connectivity index (χ1n) is 5.48. The average molecular weight is 169 g/mol. The third kappa shape index (κ3) is 2.22. The number of hydrogen-bond donors (Lipinski definition) is 1. The summed E-state index contributed by atoms with van der Waals surface area (Å²) in [6.45, 7) is 4.58. The third-order valence-electron chi connectivity index (χ3n) is 3.51. The van der Waals surface area contributed by atoms with Crippen molar-refractivity contribution in [3.8, 4) is 0 Å². The summed E-state index contributed by atoms with van der Waals surface area (Å²) in [5.74, 6) is 0.748. The summed E-state index contributed by atoms with van der Waals surface area (Å²) in [5, 5.41) is 0. The maximum absolute atomic E-state index is 6.39. The molecule has 0 aromatic rings. The molecule has 12 heavy (non-hydrogen) atoms. The van der Waals surface area contributed by atoms with Crippen LogP contribution in [0.4, 0.5) is 0 Å². The van der Waals surface area contributed by atoms with Crippen LogP contribution in [0.1, 0.15) is 58.8 Å². The van der Waals surface area contributed by atoms with Crippen LogP contribution < -0.4 is 5.73 Å². The monoisotopic (exact) mass is 169 g/mol. The Balaban J connectivity index is 2.42. The summed E-state index contributed by atoms with van der Waals surface area (Å²) in [5.41, 5.74) is 6.58. The molecule has 0 saturated heterocycles. The fourth-order valence-electron chi connectivity index (χ4n) is 2.32. The Labute approximate surface area is 76.7 Å². The van der Waals surface area contributed by atoms with Crippen molar-refractivity contribution >= 4 is 0 Å². The molecule has 1 aliphatic rings. The molecular formula is C11H23N. The second kappa shape index (κ2) is 4.27. The SMILES string of the molecule is CCCCC1(N)CCCCC1C. The molecule has 2 atom stereocenters. The van der Waals surface area contributed by atoms with Crippen molar-refractivity contribution in [1.82, 2.24) is 0 Å². The summed E-state index contributed by atoms with van der Waals surface area (Å²) in [6, 6.07) is 0. The van der Waals surface area contributed by atoms with E-state index in [1.165, 1.54) is 44.9 Å². The highest BCUT2D eigenvalue weighted by atomic mass is 14.8. The van der Waals surface area contributed by atoms with Crippen molar-refractivity contribution in [2.75, 3.05) is 0 Å². The minimum absolute atomic E-state index is 0.189. The molecule has 0 heterocycles. The molecule has 0 aromatic carbocycles. The Morgan fingerprint density at radius 1 is 1.42 bits per heavy atom. The van der Waals surface area contributed by atoms with Gasteiger partial charge in [-0.3, -0.25) is 0 Å². The van der Waals surface area contributed by atoms with Gasteiger partial charge >= 0.3 is 0 Å². The van der Waals surface area contributed by atoms with Gasteiger partial charge in [0.1, 0.15) is 0 Å². The van der Waals surface area contributed by atoms with Crippen LogP contribution in [0.3, 0.4) is 0 Å². The van der Waals surface area contributed by atoms with E-state index in [1.807, 2.05) is 0 Å². The first-order valence-corrected chi connectivity index (χ1v) is 5.48. The molecule has 1 rings (SSSR count). The Bertz CT molecular complexity index is 133. The second-order valence-electron chi connectivity index (χ2n) is 4.48. The zero-order valence-electron chi connectivity index (χ0n) is 8.60. The Kier molecular flexibility index (Phi) is 3.57. The second-order valence-corrected chi connectivity index (χ2v) is 4.48. The fraction of sp³-hybridized carbons (Fsp3) is 1.00. The van der Waals surface area contributed by atoms with Crippen LogP contribution in [-0.4, -0.2) is 5.54 Å². The molecule has 0 radical (unpaired) electrons. The number of rotatable bonds is 3. The van der Waals surface area contributed by atoms with Crippen molar-refractivity contribution in [2.24, 2.45) is 11.7 Å². The van der Waals surface area contributed by atoms with Crippen molar-refractivity contribution in [1.29, 1.82) is 0 Å². The normalized spacial score (nSPS) is 36.8.